The van der Waals surface area contributed by atoms with Crippen molar-refractivity contribution >= 4 is 5.91 Å². The summed E-state index contributed by atoms with van der Waals surface area (Å²) in [5.41, 5.74) is 19.6. The second-order valence-electron chi connectivity index (χ2n) is 11.9. The lowest BCUT2D eigenvalue weighted by molar-refractivity contribution is -0.124. The average molecular weight is 475 g/mol. The molecule has 4 aliphatic rings. The van der Waals surface area contributed by atoms with Crippen LogP contribution in [-0.4, -0.2) is 16.9 Å². The Hall–Kier alpha value is -2.24. The highest BCUT2D eigenvalue weighted by molar-refractivity contribution is 5.84. The summed E-state index contributed by atoms with van der Waals surface area (Å²) in [6.07, 6.45) is 7.87. The van der Waals surface area contributed by atoms with Crippen molar-refractivity contribution in [1.29, 1.82) is 0 Å². The maximum Gasteiger partial charge on any atom is 0.224 e. The van der Waals surface area contributed by atoms with E-state index in [-0.39, 0.29) is 5.91 Å². The van der Waals surface area contributed by atoms with Crippen LogP contribution in [0.2, 0.25) is 0 Å². The van der Waals surface area contributed by atoms with Gasteiger partial charge in [0.2, 0.25) is 5.91 Å². The minimum atomic E-state index is 0.131. The average Bonchev–Trinajstić information content (AvgIpc) is 2.82. The zero-order chi connectivity index (χ0) is 24.7. The Morgan fingerprint density at radius 3 is 2.14 bits per heavy atom. The lowest BCUT2D eigenvalue weighted by Gasteiger charge is -2.54. The van der Waals surface area contributed by atoms with Gasteiger partial charge in [-0.2, -0.15) is 0 Å². The van der Waals surface area contributed by atoms with Gasteiger partial charge in [-0.15, -0.1) is 0 Å². The first-order chi connectivity index (χ1) is 16.9. The molecule has 1 amide bonds. The van der Waals surface area contributed by atoms with Crippen LogP contribution in [0.25, 0.3) is 11.1 Å². The molecule has 6 rings (SSSR count). The first kappa shape index (κ1) is 24.5. The molecule has 4 fully saturated rings. The fourth-order valence-corrected chi connectivity index (χ4v) is 7.55. The van der Waals surface area contributed by atoms with Crippen LogP contribution in [0.3, 0.4) is 0 Å². The minimum Gasteiger partial charge on any atom is -0.353 e. The van der Waals surface area contributed by atoms with Crippen LogP contribution in [0.4, 0.5) is 0 Å². The summed E-state index contributed by atoms with van der Waals surface area (Å²) in [5, 5.41) is 3.50. The van der Waals surface area contributed by atoms with E-state index in [0.717, 1.165) is 57.5 Å². The molecule has 5 heteroatoms. The van der Waals surface area contributed by atoms with Crippen LogP contribution in [-0.2, 0) is 30.7 Å². The predicted molar refractivity (Wildman–Crippen MR) is 141 cm³/mol. The predicted octanol–water partition coefficient (Wildman–Crippen LogP) is 4.66. The number of aryl methyl sites for hydroxylation is 1. The SMILES string of the molecule is Cc1nc(CC(C)C)c(CN)c(-c2ccc(CN)cc2)c1CC(=O)NC1C2CC3CC(C2)CC1C3. The van der Waals surface area contributed by atoms with E-state index in [1.165, 1.54) is 32.1 Å². The summed E-state index contributed by atoms with van der Waals surface area (Å²) in [6.45, 7) is 7.39. The Kier molecular flexibility index (Phi) is 7.00. The molecule has 4 saturated carbocycles. The summed E-state index contributed by atoms with van der Waals surface area (Å²) in [6, 6.07) is 8.74. The van der Waals surface area contributed by atoms with Crippen molar-refractivity contribution < 1.29 is 4.79 Å². The molecule has 0 unspecified atom stereocenters. The first-order valence-electron chi connectivity index (χ1n) is 13.7. The van der Waals surface area contributed by atoms with Crippen molar-refractivity contribution in [2.24, 2.45) is 41.1 Å². The van der Waals surface area contributed by atoms with Gasteiger partial charge in [-0.25, -0.2) is 0 Å². The summed E-state index contributed by atoms with van der Waals surface area (Å²) < 4.78 is 0. The van der Waals surface area contributed by atoms with Crippen LogP contribution in [0.15, 0.2) is 24.3 Å². The van der Waals surface area contributed by atoms with Crippen LogP contribution in [0.1, 0.15) is 74.0 Å². The molecule has 0 saturated heterocycles. The van der Waals surface area contributed by atoms with Crippen molar-refractivity contribution in [2.75, 3.05) is 0 Å². The maximum absolute atomic E-state index is 13.5. The number of aromatic nitrogens is 1. The van der Waals surface area contributed by atoms with E-state index in [1.54, 1.807) is 0 Å². The Bertz CT molecular complexity index is 1050. The van der Waals surface area contributed by atoms with E-state index in [2.05, 4.69) is 43.4 Å². The van der Waals surface area contributed by atoms with Gasteiger partial charge in [0.1, 0.15) is 0 Å². The van der Waals surface area contributed by atoms with Gasteiger partial charge in [0.15, 0.2) is 0 Å². The number of nitrogens with two attached hydrogens (primary N) is 2. The molecule has 0 radical (unpaired) electrons. The molecule has 1 heterocycles. The molecular weight excluding hydrogens is 432 g/mol. The standard InChI is InChI=1S/C30H42N4O/c1-17(2)8-27-26(16-32)29(22-6-4-19(15-31)5-7-22)25(18(3)33-27)14-28(35)34-30-23-10-20-9-21(12-23)13-24(30)11-20/h4-7,17,20-21,23-24,30H,8-16,31-32H2,1-3H3,(H,34,35). The second kappa shape index (κ2) is 10.0. The molecule has 5 nitrogen and oxygen atoms in total. The molecule has 5 N–H and O–H groups in total. The molecule has 2 aromatic rings. The van der Waals surface area contributed by atoms with Crippen LogP contribution >= 0.6 is 0 Å². The monoisotopic (exact) mass is 474 g/mol. The smallest absolute Gasteiger partial charge is 0.224 e. The number of amides is 1. The van der Waals surface area contributed by atoms with Gasteiger partial charge >= 0.3 is 0 Å². The van der Waals surface area contributed by atoms with Crippen molar-refractivity contribution in [2.45, 2.75) is 84.8 Å². The fourth-order valence-electron chi connectivity index (χ4n) is 7.55. The Labute approximate surface area is 210 Å². The number of rotatable bonds is 8. The van der Waals surface area contributed by atoms with E-state index in [0.29, 0.717) is 43.3 Å². The van der Waals surface area contributed by atoms with Crippen molar-refractivity contribution in [3.8, 4) is 11.1 Å². The molecule has 4 bridgehead atoms. The third kappa shape index (κ3) is 4.90. The van der Waals surface area contributed by atoms with Gasteiger partial charge in [-0.1, -0.05) is 38.1 Å². The second-order valence-corrected chi connectivity index (χ2v) is 11.9. The minimum absolute atomic E-state index is 0.131. The summed E-state index contributed by atoms with van der Waals surface area (Å²) in [5.74, 6) is 3.76. The quantitative estimate of drug-likeness (QED) is 0.519. The molecule has 0 spiro atoms. The van der Waals surface area contributed by atoms with Crippen LogP contribution in [0, 0.1) is 36.5 Å². The van der Waals surface area contributed by atoms with Gasteiger partial charge < -0.3 is 16.8 Å². The number of nitrogens with zero attached hydrogens (tertiary/aromatic N) is 1. The summed E-state index contributed by atoms with van der Waals surface area (Å²) >= 11 is 0. The molecule has 35 heavy (non-hydrogen) atoms. The van der Waals surface area contributed by atoms with E-state index in [4.69, 9.17) is 16.5 Å². The number of hydrogen-bond acceptors (Lipinski definition) is 4. The number of pyridine rings is 1. The molecule has 188 valence electrons. The van der Waals surface area contributed by atoms with Gasteiger partial charge in [0.05, 0.1) is 6.42 Å². The number of benzene rings is 1. The van der Waals surface area contributed by atoms with Crippen LogP contribution in [0.5, 0.6) is 0 Å². The van der Waals surface area contributed by atoms with Gasteiger partial charge in [-0.05, 0) is 103 Å². The fraction of sp³-hybridized carbons (Fsp3) is 0.600. The van der Waals surface area contributed by atoms with Gasteiger partial charge in [0, 0.05) is 30.5 Å². The zero-order valence-corrected chi connectivity index (χ0v) is 21.6. The van der Waals surface area contributed by atoms with E-state index >= 15 is 0 Å². The van der Waals surface area contributed by atoms with Crippen molar-refractivity contribution in [3.63, 3.8) is 0 Å². The van der Waals surface area contributed by atoms with Crippen LogP contribution < -0.4 is 16.8 Å². The molecule has 0 atom stereocenters. The third-order valence-corrected chi connectivity index (χ3v) is 8.87. The Balaban J connectivity index is 1.46. The number of carbonyl (C=O) groups excluding carboxylic acids is 1. The molecule has 4 aliphatic carbocycles. The zero-order valence-electron chi connectivity index (χ0n) is 21.6. The molecule has 0 aliphatic heterocycles. The lowest BCUT2D eigenvalue weighted by Crippen LogP contribution is -2.56. The highest BCUT2D eigenvalue weighted by atomic mass is 16.1. The highest BCUT2D eigenvalue weighted by Crippen LogP contribution is 2.53. The number of hydrogen-bond donors (Lipinski definition) is 3. The third-order valence-electron chi connectivity index (χ3n) is 8.87. The van der Waals surface area contributed by atoms with Crippen molar-refractivity contribution in [3.05, 3.63) is 52.3 Å². The van der Waals surface area contributed by atoms with E-state index in [1.807, 2.05) is 6.92 Å². The van der Waals surface area contributed by atoms with Crippen molar-refractivity contribution in [1.82, 2.24) is 10.3 Å². The Morgan fingerprint density at radius 2 is 1.60 bits per heavy atom. The highest BCUT2D eigenvalue weighted by Gasteiger charge is 2.48. The lowest BCUT2D eigenvalue weighted by atomic mass is 9.54. The molecule has 1 aromatic heterocycles. The molecule has 1 aromatic carbocycles. The number of carbonyl (C=O) groups is 1. The first-order valence-corrected chi connectivity index (χ1v) is 13.7. The molecular formula is C30H42N4O. The maximum atomic E-state index is 13.5. The summed E-state index contributed by atoms with van der Waals surface area (Å²) in [4.78, 5) is 18.5. The topological polar surface area (TPSA) is 94.0 Å². The number of nitrogens with one attached hydrogen (secondary N) is 1. The Morgan fingerprint density at radius 1 is 0.971 bits per heavy atom. The van der Waals surface area contributed by atoms with E-state index < -0.39 is 0 Å². The normalized spacial score (nSPS) is 27.0. The van der Waals surface area contributed by atoms with Gasteiger partial charge in [0.25, 0.3) is 0 Å². The van der Waals surface area contributed by atoms with E-state index in [9.17, 15) is 4.79 Å². The van der Waals surface area contributed by atoms with Gasteiger partial charge in [-0.3, -0.25) is 9.78 Å². The summed E-state index contributed by atoms with van der Waals surface area (Å²) in [7, 11) is 0. The largest absolute Gasteiger partial charge is 0.353 e.